The van der Waals surface area contributed by atoms with E-state index in [9.17, 15) is 19.7 Å². The molecule has 0 amide bonds. The van der Waals surface area contributed by atoms with Gasteiger partial charge in [-0.15, -0.1) is 0 Å². The molecule has 1 heterocycles. The molecule has 0 aliphatic carbocycles. The molecule has 0 fully saturated rings. The van der Waals surface area contributed by atoms with Crippen LogP contribution >= 0.6 is 15.9 Å². The number of aromatic nitrogens is 2. The second-order valence-corrected chi connectivity index (χ2v) is 8.31. The van der Waals surface area contributed by atoms with Crippen LogP contribution in [0.3, 0.4) is 0 Å². The molecule has 0 saturated heterocycles. The molecule has 0 spiro atoms. The summed E-state index contributed by atoms with van der Waals surface area (Å²) < 4.78 is 12.5. The smallest absolute Gasteiger partial charge is 0.357 e. The van der Waals surface area contributed by atoms with E-state index in [0.717, 1.165) is 16.3 Å². The first kappa shape index (κ1) is 24.0. The fraction of sp³-hybridized carbons (Fsp3) is 0.120. The molecule has 1 aromatic heterocycles. The molecule has 2 N–H and O–H groups in total. The predicted octanol–water partition coefficient (Wildman–Crippen LogP) is 5.04. The number of nitrogens with zero attached hydrogens (tertiary/aromatic N) is 1. The molecule has 3 aromatic carbocycles. The highest BCUT2D eigenvalue weighted by molar-refractivity contribution is 9.10. The Hall–Kier alpha value is -4.18. The summed E-state index contributed by atoms with van der Waals surface area (Å²) in [5.74, 6) is 0.975. The molecule has 0 saturated carbocycles. The maximum Gasteiger partial charge on any atom is 0.357 e. The number of aromatic amines is 2. The lowest BCUT2D eigenvalue weighted by Gasteiger charge is -2.15. The van der Waals surface area contributed by atoms with Crippen molar-refractivity contribution in [1.82, 2.24) is 9.97 Å². The fourth-order valence-corrected chi connectivity index (χ4v) is 4.21. The first-order valence-electron chi connectivity index (χ1n) is 10.6. The van der Waals surface area contributed by atoms with Crippen molar-refractivity contribution in [3.63, 3.8) is 0 Å². The van der Waals surface area contributed by atoms with Gasteiger partial charge < -0.3 is 14.5 Å². The Morgan fingerprint density at radius 3 is 2.57 bits per heavy atom. The number of ether oxygens (including phenoxy) is 2. The van der Waals surface area contributed by atoms with Crippen molar-refractivity contribution in [3.05, 3.63) is 107 Å². The molecule has 0 unspecified atom stereocenters. The van der Waals surface area contributed by atoms with Gasteiger partial charge in [-0.05, 0) is 63.0 Å². The molecule has 4 rings (SSSR count). The van der Waals surface area contributed by atoms with Gasteiger partial charge in [0.25, 0.3) is 0 Å². The molecule has 35 heavy (non-hydrogen) atoms. The molecule has 10 heteroatoms. The van der Waals surface area contributed by atoms with E-state index >= 15 is 0 Å². The van der Waals surface area contributed by atoms with E-state index in [1.54, 1.807) is 12.1 Å². The van der Waals surface area contributed by atoms with E-state index in [2.05, 4.69) is 20.9 Å². The van der Waals surface area contributed by atoms with Gasteiger partial charge in [0, 0.05) is 0 Å². The summed E-state index contributed by atoms with van der Waals surface area (Å²) in [6.45, 7) is 2.54. The van der Waals surface area contributed by atoms with E-state index in [0.29, 0.717) is 34.7 Å². The molecular weight excluding hydrogens is 518 g/mol. The van der Waals surface area contributed by atoms with Crippen LogP contribution in [0.4, 0.5) is 5.69 Å². The van der Waals surface area contributed by atoms with Gasteiger partial charge in [0.05, 0.1) is 16.0 Å². The zero-order chi connectivity index (χ0) is 24.9. The SMILES string of the molecule is CCOc1cc(/C=C\c2[nH]c(=O)[nH]c(=O)c2[N+](=O)[O-])cc(Br)c1OCc1cccc2ccccc12. The zero-order valence-electron chi connectivity index (χ0n) is 18.5. The van der Waals surface area contributed by atoms with Crippen molar-refractivity contribution < 1.29 is 14.4 Å². The van der Waals surface area contributed by atoms with Crippen LogP contribution < -0.4 is 20.7 Å². The van der Waals surface area contributed by atoms with Gasteiger partial charge >= 0.3 is 16.9 Å². The van der Waals surface area contributed by atoms with E-state index in [1.165, 1.54) is 12.2 Å². The second-order valence-electron chi connectivity index (χ2n) is 7.45. The largest absolute Gasteiger partial charge is 0.490 e. The number of hydrogen-bond donors (Lipinski definition) is 2. The van der Waals surface area contributed by atoms with Gasteiger partial charge in [0.2, 0.25) is 0 Å². The average molecular weight is 538 g/mol. The molecule has 0 bridgehead atoms. The Morgan fingerprint density at radius 1 is 1.03 bits per heavy atom. The Kier molecular flexibility index (Phi) is 7.11. The maximum atomic E-state index is 11.8. The average Bonchev–Trinajstić information content (AvgIpc) is 2.81. The minimum atomic E-state index is -1.08. The molecule has 0 radical (unpaired) electrons. The quantitative estimate of drug-likeness (QED) is 0.239. The third-order valence-electron chi connectivity index (χ3n) is 5.15. The highest BCUT2D eigenvalue weighted by Gasteiger charge is 2.19. The molecule has 0 aliphatic rings. The van der Waals surface area contributed by atoms with Crippen molar-refractivity contribution in [3.8, 4) is 11.5 Å². The lowest BCUT2D eigenvalue weighted by atomic mass is 10.1. The summed E-state index contributed by atoms with van der Waals surface area (Å²) in [5, 5.41) is 13.5. The summed E-state index contributed by atoms with van der Waals surface area (Å²) >= 11 is 3.52. The third kappa shape index (κ3) is 5.33. The van der Waals surface area contributed by atoms with E-state index < -0.39 is 21.9 Å². The van der Waals surface area contributed by atoms with Crippen LogP contribution in [0.2, 0.25) is 0 Å². The van der Waals surface area contributed by atoms with Crippen LogP contribution in [0, 0.1) is 10.1 Å². The van der Waals surface area contributed by atoms with Crippen LogP contribution in [0.15, 0.2) is 68.7 Å². The number of rotatable bonds is 8. The Bertz CT molecular complexity index is 1550. The number of halogens is 1. The molecule has 4 aromatic rings. The molecular formula is C25H20BrN3O6. The fourth-order valence-electron chi connectivity index (χ4n) is 3.63. The molecule has 178 valence electrons. The minimum absolute atomic E-state index is 0.214. The highest BCUT2D eigenvalue weighted by atomic mass is 79.9. The monoisotopic (exact) mass is 537 g/mol. The van der Waals surface area contributed by atoms with Crippen LogP contribution in [0.1, 0.15) is 23.7 Å². The maximum absolute atomic E-state index is 11.8. The van der Waals surface area contributed by atoms with Crippen LogP contribution in [0.5, 0.6) is 11.5 Å². The number of hydrogen-bond acceptors (Lipinski definition) is 6. The van der Waals surface area contributed by atoms with Gasteiger partial charge in [-0.25, -0.2) is 4.79 Å². The zero-order valence-corrected chi connectivity index (χ0v) is 20.1. The number of benzene rings is 3. The molecule has 0 atom stereocenters. The standard InChI is InChI=1S/C25H20BrN3O6/c1-2-34-21-13-15(10-11-20-22(29(32)33)24(30)28-25(31)27-20)12-19(26)23(21)35-14-17-8-5-7-16-6-3-4-9-18(16)17/h3-13H,2,14H2,1H3,(H2,27,28,30,31)/b11-10-. The van der Waals surface area contributed by atoms with Crippen LogP contribution in [-0.2, 0) is 6.61 Å². The third-order valence-corrected chi connectivity index (χ3v) is 5.74. The van der Waals surface area contributed by atoms with Gasteiger partial charge in [-0.3, -0.25) is 19.9 Å². The summed E-state index contributed by atoms with van der Waals surface area (Å²) in [6.07, 6.45) is 2.82. The van der Waals surface area contributed by atoms with Gasteiger partial charge in [-0.2, -0.15) is 0 Å². The van der Waals surface area contributed by atoms with E-state index in [1.807, 2.05) is 54.4 Å². The second kappa shape index (κ2) is 10.4. The summed E-state index contributed by atoms with van der Waals surface area (Å²) in [7, 11) is 0. The minimum Gasteiger partial charge on any atom is -0.490 e. The molecule has 9 nitrogen and oxygen atoms in total. The van der Waals surface area contributed by atoms with Crippen molar-refractivity contribution in [1.29, 1.82) is 0 Å². The summed E-state index contributed by atoms with van der Waals surface area (Å²) in [6, 6.07) is 17.5. The van der Waals surface area contributed by atoms with E-state index in [-0.39, 0.29) is 5.69 Å². The Morgan fingerprint density at radius 2 is 1.80 bits per heavy atom. The van der Waals surface area contributed by atoms with Crippen molar-refractivity contribution in [2.24, 2.45) is 0 Å². The predicted molar refractivity (Wildman–Crippen MR) is 137 cm³/mol. The van der Waals surface area contributed by atoms with Crippen LogP contribution in [0.25, 0.3) is 22.9 Å². The van der Waals surface area contributed by atoms with Crippen LogP contribution in [-0.4, -0.2) is 21.5 Å². The van der Waals surface area contributed by atoms with E-state index in [4.69, 9.17) is 9.47 Å². The Balaban J connectivity index is 1.66. The first-order chi connectivity index (χ1) is 16.9. The normalized spacial score (nSPS) is 11.1. The topological polar surface area (TPSA) is 127 Å². The van der Waals surface area contributed by atoms with Gasteiger partial charge in [0.1, 0.15) is 12.3 Å². The lowest BCUT2D eigenvalue weighted by molar-refractivity contribution is -0.386. The highest BCUT2D eigenvalue weighted by Crippen LogP contribution is 2.38. The first-order valence-corrected chi connectivity index (χ1v) is 11.4. The molecule has 0 aliphatic heterocycles. The van der Waals surface area contributed by atoms with Gasteiger partial charge in [-0.1, -0.05) is 48.5 Å². The number of H-pyrrole nitrogens is 2. The number of nitro groups is 1. The van der Waals surface area contributed by atoms with Gasteiger partial charge in [0.15, 0.2) is 11.5 Å². The number of nitrogens with one attached hydrogen (secondary N) is 2. The summed E-state index contributed by atoms with van der Waals surface area (Å²) in [5.41, 5.74) is -1.25. The number of fused-ring (bicyclic) bond motifs is 1. The lowest BCUT2D eigenvalue weighted by Crippen LogP contribution is -2.25. The van der Waals surface area contributed by atoms with Crippen molar-refractivity contribution >= 4 is 44.5 Å². The Labute approximate surface area is 207 Å². The van der Waals surface area contributed by atoms with Crippen molar-refractivity contribution in [2.75, 3.05) is 6.61 Å². The van der Waals surface area contributed by atoms with Crippen molar-refractivity contribution in [2.45, 2.75) is 13.5 Å². The summed E-state index contributed by atoms with van der Waals surface area (Å²) in [4.78, 5) is 38.0.